The van der Waals surface area contributed by atoms with E-state index in [1.807, 2.05) is 0 Å². The summed E-state index contributed by atoms with van der Waals surface area (Å²) in [5.74, 6) is 0.218. The van der Waals surface area contributed by atoms with Gasteiger partial charge in [-0.1, -0.05) is 38.6 Å². The number of fused-ring (bicyclic) bond motifs is 3. The first kappa shape index (κ1) is 23.0. The number of amides is 2. The number of hydrogen-bond acceptors (Lipinski definition) is 7. The largest absolute Gasteiger partial charge is 0.287 e. The van der Waals surface area contributed by atoms with Crippen molar-refractivity contribution in [3.05, 3.63) is 43.2 Å². The van der Waals surface area contributed by atoms with E-state index in [0.717, 1.165) is 29.5 Å². The number of hydrogen-bond donors (Lipinski definition) is 2. The minimum absolute atomic E-state index is 0.00957. The molecule has 4 rings (SSSR count). The number of nitrogens with zero attached hydrogens (tertiary/aromatic N) is 2. The molecule has 0 aliphatic heterocycles. The molecule has 0 saturated carbocycles. The highest BCUT2D eigenvalue weighted by Crippen LogP contribution is 2.36. The van der Waals surface area contributed by atoms with Gasteiger partial charge in [0.2, 0.25) is 5.91 Å². The summed E-state index contributed by atoms with van der Waals surface area (Å²) in [6, 6.07) is 3.46. The first-order valence-electron chi connectivity index (χ1n) is 10.6. The molecule has 0 aromatic carbocycles. The second-order valence-electron chi connectivity index (χ2n) is 8.50. The normalized spacial score (nSPS) is 15.7. The predicted octanol–water partition coefficient (Wildman–Crippen LogP) is 3.85. The first-order valence-corrected chi connectivity index (χ1v) is 13.3. The van der Waals surface area contributed by atoms with Crippen molar-refractivity contribution in [2.24, 2.45) is 11.8 Å². The molecule has 3 heterocycles. The molecule has 0 saturated heterocycles. The molecule has 2 N–H and O–H groups in total. The van der Waals surface area contributed by atoms with E-state index in [1.165, 1.54) is 33.5 Å². The molecule has 1 unspecified atom stereocenters. The Kier molecular flexibility index (Phi) is 7.02. The van der Waals surface area contributed by atoms with Gasteiger partial charge in [0.15, 0.2) is 5.16 Å². The molecule has 0 spiro atoms. The van der Waals surface area contributed by atoms with Gasteiger partial charge >= 0.3 is 0 Å². The number of thiophene rings is 2. The quantitative estimate of drug-likeness (QED) is 0.311. The lowest BCUT2D eigenvalue weighted by Crippen LogP contribution is -2.42. The van der Waals surface area contributed by atoms with Gasteiger partial charge in [0.25, 0.3) is 11.5 Å². The van der Waals surface area contributed by atoms with E-state index in [9.17, 15) is 14.4 Å². The molecule has 0 bridgehead atoms. The zero-order valence-electron chi connectivity index (χ0n) is 18.3. The Hall–Kier alpha value is -2.17. The van der Waals surface area contributed by atoms with E-state index >= 15 is 0 Å². The van der Waals surface area contributed by atoms with E-state index in [2.05, 4.69) is 31.6 Å². The van der Waals surface area contributed by atoms with Gasteiger partial charge in [-0.3, -0.25) is 29.8 Å². The molecule has 2 amide bonds. The standard InChI is InChI=1S/C22H26N4O3S3/c1-12(2)10-26-21(29)18-14-7-6-13(3)9-16(14)32-20(18)23-22(26)31-11-17(27)24-25-19(28)15-5-4-8-30-15/h4-5,8,12-13H,6-7,9-11H2,1-3H3,(H,24,27)(H,25,28). The molecule has 1 aliphatic rings. The fraction of sp³-hybridized carbons (Fsp3) is 0.455. The van der Waals surface area contributed by atoms with E-state index < -0.39 is 0 Å². The Labute approximate surface area is 198 Å². The van der Waals surface area contributed by atoms with Crippen LogP contribution in [0.15, 0.2) is 27.5 Å². The smallest absolute Gasteiger partial charge is 0.279 e. The summed E-state index contributed by atoms with van der Waals surface area (Å²) in [4.78, 5) is 45.1. The van der Waals surface area contributed by atoms with Crippen LogP contribution in [0.5, 0.6) is 0 Å². The molecule has 0 fully saturated rings. The molecule has 1 atom stereocenters. The van der Waals surface area contributed by atoms with Crippen LogP contribution in [-0.2, 0) is 24.2 Å². The second kappa shape index (κ2) is 9.76. The minimum Gasteiger partial charge on any atom is -0.287 e. The SMILES string of the molecule is CC(C)Cn1c(SCC(=O)NNC(=O)c2cccs2)nc2sc3c(c2c1=O)CCC(C)C3. The van der Waals surface area contributed by atoms with Crippen LogP contribution >= 0.6 is 34.4 Å². The molecule has 7 nitrogen and oxygen atoms in total. The summed E-state index contributed by atoms with van der Waals surface area (Å²) in [5, 5.41) is 3.10. The van der Waals surface area contributed by atoms with Crippen molar-refractivity contribution in [2.75, 3.05) is 5.75 Å². The monoisotopic (exact) mass is 490 g/mol. The maximum atomic E-state index is 13.5. The average molecular weight is 491 g/mol. The average Bonchev–Trinajstić information content (AvgIpc) is 3.40. The van der Waals surface area contributed by atoms with Crippen molar-refractivity contribution >= 4 is 56.5 Å². The summed E-state index contributed by atoms with van der Waals surface area (Å²) in [7, 11) is 0. The van der Waals surface area contributed by atoms with Crippen molar-refractivity contribution in [3.8, 4) is 0 Å². The van der Waals surface area contributed by atoms with Crippen LogP contribution in [0.1, 0.15) is 47.3 Å². The van der Waals surface area contributed by atoms with E-state index in [-0.39, 0.29) is 29.0 Å². The summed E-state index contributed by atoms with van der Waals surface area (Å²) < 4.78 is 1.71. The van der Waals surface area contributed by atoms with Crippen molar-refractivity contribution in [1.82, 2.24) is 20.4 Å². The highest BCUT2D eigenvalue weighted by molar-refractivity contribution is 7.99. The third-order valence-corrected chi connectivity index (χ3v) is 8.31. The number of nitrogens with one attached hydrogen (secondary N) is 2. The highest BCUT2D eigenvalue weighted by atomic mass is 32.2. The van der Waals surface area contributed by atoms with Crippen LogP contribution in [0.2, 0.25) is 0 Å². The van der Waals surface area contributed by atoms with Crippen molar-refractivity contribution in [3.63, 3.8) is 0 Å². The number of rotatable bonds is 6. The van der Waals surface area contributed by atoms with Crippen molar-refractivity contribution < 1.29 is 9.59 Å². The van der Waals surface area contributed by atoms with E-state index in [1.54, 1.807) is 33.4 Å². The van der Waals surface area contributed by atoms with Gasteiger partial charge < -0.3 is 0 Å². The lowest BCUT2D eigenvalue weighted by Gasteiger charge is -2.18. The molecule has 0 radical (unpaired) electrons. The summed E-state index contributed by atoms with van der Waals surface area (Å²) in [6.07, 6.45) is 3.01. The van der Waals surface area contributed by atoms with Gasteiger partial charge in [-0.05, 0) is 48.1 Å². The first-order chi connectivity index (χ1) is 15.3. The van der Waals surface area contributed by atoms with Gasteiger partial charge in [0.05, 0.1) is 16.0 Å². The number of aromatic nitrogens is 2. The maximum absolute atomic E-state index is 13.5. The van der Waals surface area contributed by atoms with Crippen LogP contribution < -0.4 is 16.4 Å². The Bertz CT molecular complexity index is 1200. The summed E-state index contributed by atoms with van der Waals surface area (Å²) in [5.41, 5.74) is 6.01. The molecule has 1 aliphatic carbocycles. The summed E-state index contributed by atoms with van der Waals surface area (Å²) in [6.45, 7) is 6.90. The number of hydrazine groups is 1. The number of carbonyl (C=O) groups is 2. The lowest BCUT2D eigenvalue weighted by atomic mass is 9.89. The number of aryl methyl sites for hydroxylation is 1. The number of thioether (sulfide) groups is 1. The molecular weight excluding hydrogens is 464 g/mol. The second-order valence-corrected chi connectivity index (χ2v) is 11.5. The molecule has 32 heavy (non-hydrogen) atoms. The summed E-state index contributed by atoms with van der Waals surface area (Å²) >= 11 is 4.13. The van der Waals surface area contributed by atoms with Crippen molar-refractivity contribution in [2.45, 2.75) is 51.7 Å². The maximum Gasteiger partial charge on any atom is 0.279 e. The fourth-order valence-electron chi connectivity index (χ4n) is 3.80. The minimum atomic E-state index is -0.357. The molecular formula is C22H26N4O3S3. The van der Waals surface area contributed by atoms with Crippen LogP contribution in [0, 0.1) is 11.8 Å². The Morgan fingerprint density at radius 2 is 2.16 bits per heavy atom. The van der Waals surface area contributed by atoms with Gasteiger partial charge in [-0.2, -0.15) is 0 Å². The van der Waals surface area contributed by atoms with Crippen LogP contribution in [0.4, 0.5) is 0 Å². The van der Waals surface area contributed by atoms with Gasteiger partial charge in [-0.15, -0.1) is 22.7 Å². The lowest BCUT2D eigenvalue weighted by molar-refractivity contribution is -0.119. The zero-order valence-corrected chi connectivity index (χ0v) is 20.7. The van der Waals surface area contributed by atoms with Crippen molar-refractivity contribution in [1.29, 1.82) is 0 Å². The number of carbonyl (C=O) groups excluding carboxylic acids is 2. The third kappa shape index (κ3) is 4.92. The van der Waals surface area contributed by atoms with Gasteiger partial charge in [-0.25, -0.2) is 4.98 Å². The van der Waals surface area contributed by atoms with Crippen LogP contribution in [0.25, 0.3) is 10.2 Å². The molecule has 10 heteroatoms. The predicted molar refractivity (Wildman–Crippen MR) is 131 cm³/mol. The van der Waals surface area contributed by atoms with E-state index in [4.69, 9.17) is 4.98 Å². The van der Waals surface area contributed by atoms with Crippen LogP contribution in [-0.4, -0.2) is 27.1 Å². The molecule has 3 aromatic heterocycles. The third-order valence-electron chi connectivity index (χ3n) is 5.32. The van der Waals surface area contributed by atoms with E-state index in [0.29, 0.717) is 22.5 Å². The zero-order chi connectivity index (χ0) is 22.8. The Morgan fingerprint density at radius 3 is 2.88 bits per heavy atom. The fourth-order valence-corrected chi connectivity index (χ4v) is 6.65. The van der Waals surface area contributed by atoms with Gasteiger partial charge in [0.1, 0.15) is 4.83 Å². The van der Waals surface area contributed by atoms with Crippen LogP contribution in [0.3, 0.4) is 0 Å². The Morgan fingerprint density at radius 1 is 1.34 bits per heavy atom. The highest BCUT2D eigenvalue weighted by Gasteiger charge is 2.25. The molecule has 3 aromatic rings. The molecule has 170 valence electrons. The topological polar surface area (TPSA) is 93.1 Å². The Balaban J connectivity index is 1.54. The van der Waals surface area contributed by atoms with Gasteiger partial charge in [0, 0.05) is 11.4 Å².